The number of likely N-dealkylation sites (tertiary alicyclic amines) is 1. The van der Waals surface area contributed by atoms with Crippen LogP contribution in [0, 0.1) is 5.92 Å². The number of benzene rings is 1. The lowest BCUT2D eigenvalue weighted by Crippen LogP contribution is -2.43. The van der Waals surface area contributed by atoms with Crippen LogP contribution in [0.2, 0.25) is 5.02 Å². The van der Waals surface area contributed by atoms with Gasteiger partial charge in [0.1, 0.15) is 6.54 Å². The molecular formula is C18H19ClN4O3. The lowest BCUT2D eigenvalue weighted by atomic mass is 9.96. The minimum atomic E-state index is -0.324. The minimum absolute atomic E-state index is 0.0754. The largest absolute Gasteiger partial charge is 0.369 e. The fourth-order valence-electron chi connectivity index (χ4n) is 2.98. The van der Waals surface area contributed by atoms with Gasteiger partial charge in [-0.3, -0.25) is 19.0 Å². The highest BCUT2D eigenvalue weighted by atomic mass is 35.5. The van der Waals surface area contributed by atoms with Gasteiger partial charge in [0.25, 0.3) is 5.56 Å². The summed E-state index contributed by atoms with van der Waals surface area (Å²) in [4.78, 5) is 41.8. The number of primary amides is 1. The van der Waals surface area contributed by atoms with E-state index in [0.29, 0.717) is 36.6 Å². The maximum absolute atomic E-state index is 12.4. The third-order valence-electron chi connectivity index (χ3n) is 4.58. The molecule has 1 aromatic heterocycles. The summed E-state index contributed by atoms with van der Waals surface area (Å²) < 4.78 is 1.28. The second-order valence-electron chi connectivity index (χ2n) is 6.30. The van der Waals surface area contributed by atoms with Gasteiger partial charge in [-0.15, -0.1) is 0 Å². The molecular weight excluding hydrogens is 356 g/mol. The highest BCUT2D eigenvalue weighted by Crippen LogP contribution is 2.19. The van der Waals surface area contributed by atoms with Crippen molar-refractivity contribution in [1.29, 1.82) is 0 Å². The number of aromatic nitrogens is 2. The molecule has 0 radical (unpaired) electrons. The van der Waals surface area contributed by atoms with E-state index >= 15 is 0 Å². The molecule has 0 atom stereocenters. The van der Waals surface area contributed by atoms with Crippen LogP contribution in [0.4, 0.5) is 0 Å². The molecule has 3 rings (SSSR count). The van der Waals surface area contributed by atoms with Crippen molar-refractivity contribution >= 4 is 23.4 Å². The number of carbonyl (C=O) groups excluding carboxylic acids is 2. The number of nitrogens with zero attached hydrogens (tertiary/aromatic N) is 3. The number of piperidine rings is 1. The van der Waals surface area contributed by atoms with Crippen molar-refractivity contribution in [2.24, 2.45) is 11.7 Å². The summed E-state index contributed by atoms with van der Waals surface area (Å²) in [6, 6.07) is 8.41. The lowest BCUT2D eigenvalue weighted by molar-refractivity contribution is -0.135. The van der Waals surface area contributed by atoms with Crippen molar-refractivity contribution < 1.29 is 9.59 Å². The maximum Gasteiger partial charge on any atom is 0.254 e. The van der Waals surface area contributed by atoms with E-state index in [9.17, 15) is 14.4 Å². The van der Waals surface area contributed by atoms with E-state index in [1.165, 1.54) is 17.0 Å². The van der Waals surface area contributed by atoms with Crippen molar-refractivity contribution in [3.05, 3.63) is 52.0 Å². The molecule has 1 aliphatic heterocycles. The Kier molecular flexibility index (Phi) is 5.37. The molecule has 1 aromatic carbocycles. The zero-order chi connectivity index (χ0) is 18.7. The van der Waals surface area contributed by atoms with Gasteiger partial charge >= 0.3 is 0 Å². The molecule has 2 amide bonds. The van der Waals surface area contributed by atoms with E-state index in [-0.39, 0.29) is 29.8 Å². The lowest BCUT2D eigenvalue weighted by Gasteiger charge is -2.30. The SMILES string of the molecule is NC(=O)C1CCN(C(=O)Cn2cnc(-c3ccc(Cl)cc3)cc2=O)CC1. The number of rotatable bonds is 4. The molecule has 8 heteroatoms. The van der Waals surface area contributed by atoms with Crippen LogP contribution >= 0.6 is 11.6 Å². The topological polar surface area (TPSA) is 98.3 Å². The normalized spacial score (nSPS) is 15.0. The molecule has 0 bridgehead atoms. The molecule has 2 N–H and O–H groups in total. The molecule has 26 heavy (non-hydrogen) atoms. The van der Waals surface area contributed by atoms with Crippen LogP contribution in [0.15, 0.2) is 41.5 Å². The monoisotopic (exact) mass is 374 g/mol. The molecule has 0 unspecified atom stereocenters. The summed E-state index contributed by atoms with van der Waals surface area (Å²) in [5.41, 5.74) is 6.30. The molecule has 2 heterocycles. The number of amides is 2. The summed E-state index contributed by atoms with van der Waals surface area (Å²) in [5.74, 6) is -0.673. The summed E-state index contributed by atoms with van der Waals surface area (Å²) in [5, 5.41) is 0.604. The number of nitrogens with two attached hydrogens (primary N) is 1. The fraction of sp³-hybridized carbons (Fsp3) is 0.333. The van der Waals surface area contributed by atoms with Gasteiger partial charge in [-0.2, -0.15) is 0 Å². The van der Waals surface area contributed by atoms with E-state index in [2.05, 4.69) is 4.98 Å². The second-order valence-corrected chi connectivity index (χ2v) is 6.74. The molecule has 0 saturated carbocycles. The predicted molar refractivity (Wildman–Crippen MR) is 97.4 cm³/mol. The third-order valence-corrected chi connectivity index (χ3v) is 4.83. The predicted octanol–water partition coefficient (Wildman–Crippen LogP) is 1.29. The fourth-order valence-corrected chi connectivity index (χ4v) is 3.11. The second kappa shape index (κ2) is 7.70. The first-order valence-corrected chi connectivity index (χ1v) is 8.71. The van der Waals surface area contributed by atoms with Gasteiger partial charge < -0.3 is 10.6 Å². The van der Waals surface area contributed by atoms with Gasteiger partial charge in [0.15, 0.2) is 0 Å². The number of halogens is 1. The molecule has 0 aliphatic carbocycles. The number of hydrogen-bond acceptors (Lipinski definition) is 4. The van der Waals surface area contributed by atoms with Crippen LogP contribution in [0.1, 0.15) is 12.8 Å². The van der Waals surface area contributed by atoms with E-state index in [1.807, 2.05) is 0 Å². The summed E-state index contributed by atoms with van der Waals surface area (Å²) >= 11 is 5.86. The van der Waals surface area contributed by atoms with Crippen molar-refractivity contribution in [3.63, 3.8) is 0 Å². The van der Waals surface area contributed by atoms with Gasteiger partial charge in [0.2, 0.25) is 11.8 Å². The summed E-state index contributed by atoms with van der Waals surface area (Å²) in [6.07, 6.45) is 2.49. The van der Waals surface area contributed by atoms with Crippen LogP contribution in [0.5, 0.6) is 0 Å². The van der Waals surface area contributed by atoms with E-state index < -0.39 is 0 Å². The van der Waals surface area contributed by atoms with Gasteiger partial charge in [-0.1, -0.05) is 23.7 Å². The Bertz CT molecular complexity index is 871. The quantitative estimate of drug-likeness (QED) is 0.871. The first-order valence-electron chi connectivity index (χ1n) is 8.33. The molecule has 1 fully saturated rings. The molecule has 1 saturated heterocycles. The van der Waals surface area contributed by atoms with Crippen molar-refractivity contribution in [1.82, 2.24) is 14.5 Å². The zero-order valence-corrected chi connectivity index (χ0v) is 14.9. The summed E-state index contributed by atoms with van der Waals surface area (Å²) in [7, 11) is 0. The zero-order valence-electron chi connectivity index (χ0n) is 14.1. The van der Waals surface area contributed by atoms with Gasteiger partial charge in [-0.05, 0) is 25.0 Å². The van der Waals surface area contributed by atoms with E-state index in [1.54, 1.807) is 29.2 Å². The minimum Gasteiger partial charge on any atom is -0.369 e. The van der Waals surface area contributed by atoms with Crippen molar-refractivity contribution in [3.8, 4) is 11.3 Å². The van der Waals surface area contributed by atoms with Crippen LogP contribution in [-0.2, 0) is 16.1 Å². The molecule has 1 aliphatic rings. The molecule has 7 nitrogen and oxygen atoms in total. The van der Waals surface area contributed by atoms with Crippen LogP contribution in [0.25, 0.3) is 11.3 Å². The van der Waals surface area contributed by atoms with Crippen molar-refractivity contribution in [2.75, 3.05) is 13.1 Å². The highest BCUT2D eigenvalue weighted by Gasteiger charge is 2.26. The van der Waals surface area contributed by atoms with Gasteiger partial charge in [-0.25, -0.2) is 4.98 Å². The maximum atomic E-state index is 12.4. The van der Waals surface area contributed by atoms with Crippen LogP contribution in [0.3, 0.4) is 0 Å². The number of carbonyl (C=O) groups is 2. The molecule has 2 aromatic rings. The Morgan fingerprint density at radius 2 is 1.85 bits per heavy atom. The number of hydrogen-bond donors (Lipinski definition) is 1. The van der Waals surface area contributed by atoms with E-state index in [0.717, 1.165) is 5.56 Å². The molecule has 0 spiro atoms. The first kappa shape index (κ1) is 18.1. The third kappa shape index (κ3) is 4.11. The summed E-state index contributed by atoms with van der Waals surface area (Å²) in [6.45, 7) is 0.864. The first-order chi connectivity index (χ1) is 12.4. The van der Waals surface area contributed by atoms with Gasteiger partial charge in [0, 0.05) is 35.7 Å². The Hall–Kier alpha value is -2.67. The van der Waals surface area contributed by atoms with Crippen molar-refractivity contribution in [2.45, 2.75) is 19.4 Å². The molecule has 136 valence electrons. The van der Waals surface area contributed by atoms with Gasteiger partial charge in [0.05, 0.1) is 12.0 Å². The van der Waals surface area contributed by atoms with Crippen LogP contribution < -0.4 is 11.3 Å². The highest BCUT2D eigenvalue weighted by molar-refractivity contribution is 6.30. The van der Waals surface area contributed by atoms with E-state index in [4.69, 9.17) is 17.3 Å². The Labute approximate surface area is 155 Å². The Balaban J connectivity index is 1.67. The smallest absolute Gasteiger partial charge is 0.254 e. The average molecular weight is 375 g/mol. The Morgan fingerprint density at radius 3 is 2.42 bits per heavy atom. The average Bonchev–Trinajstić information content (AvgIpc) is 2.64. The Morgan fingerprint density at radius 1 is 1.19 bits per heavy atom. The van der Waals surface area contributed by atoms with Crippen LogP contribution in [-0.4, -0.2) is 39.4 Å². The standard InChI is InChI=1S/C18H19ClN4O3/c19-14-3-1-12(2-4-14)15-9-16(24)23(11-21-15)10-17(25)22-7-5-13(6-8-22)18(20)26/h1-4,9,11,13H,5-8,10H2,(H2,20,26).